The maximum absolute atomic E-state index is 12.7. The highest BCUT2D eigenvalue weighted by atomic mass is 16.4. The van der Waals surface area contributed by atoms with Crippen LogP contribution in [0.1, 0.15) is 34.5 Å². The zero-order chi connectivity index (χ0) is 17.3. The van der Waals surface area contributed by atoms with E-state index in [9.17, 15) is 14.9 Å². The Morgan fingerprint density at radius 2 is 2.08 bits per heavy atom. The van der Waals surface area contributed by atoms with Crippen LogP contribution in [0.5, 0.6) is 0 Å². The van der Waals surface area contributed by atoms with Crippen LogP contribution in [-0.4, -0.2) is 40.9 Å². The topological polar surface area (TPSA) is 91.3 Å². The van der Waals surface area contributed by atoms with E-state index in [4.69, 9.17) is 4.42 Å². The van der Waals surface area contributed by atoms with E-state index in [1.807, 2.05) is 6.07 Å². The van der Waals surface area contributed by atoms with Gasteiger partial charge in [-0.25, -0.2) is 0 Å². The Labute approximate surface area is 139 Å². The fourth-order valence-electron chi connectivity index (χ4n) is 2.52. The first-order valence-corrected chi connectivity index (χ1v) is 7.73. The molecular weight excluding hydrogens is 308 g/mol. The molecule has 0 radical (unpaired) electrons. The zero-order valence-corrected chi connectivity index (χ0v) is 13.6. The van der Waals surface area contributed by atoms with Crippen molar-refractivity contribution in [3.05, 3.63) is 41.4 Å². The van der Waals surface area contributed by atoms with Crippen molar-refractivity contribution >= 4 is 11.8 Å². The molecule has 0 atom stereocenters. The van der Waals surface area contributed by atoms with Gasteiger partial charge in [-0.1, -0.05) is 0 Å². The molecule has 1 saturated carbocycles. The van der Waals surface area contributed by atoms with Crippen molar-refractivity contribution in [1.29, 1.82) is 5.26 Å². The Hall–Kier alpha value is -3.01. The number of nitrogens with one attached hydrogen (secondary N) is 1. The number of furan rings is 1. The highest BCUT2D eigenvalue weighted by molar-refractivity contribution is 6.00. The third kappa shape index (κ3) is 3.04. The molecule has 1 aliphatic rings. The van der Waals surface area contributed by atoms with E-state index in [0.717, 1.165) is 12.8 Å². The van der Waals surface area contributed by atoms with E-state index in [-0.39, 0.29) is 29.6 Å². The first-order valence-electron chi connectivity index (χ1n) is 7.73. The Kier molecular flexibility index (Phi) is 4.13. The minimum atomic E-state index is -0.405. The molecule has 2 aromatic heterocycles. The van der Waals surface area contributed by atoms with Gasteiger partial charge in [0.2, 0.25) is 11.8 Å². The monoisotopic (exact) mass is 326 g/mol. The van der Waals surface area contributed by atoms with E-state index < -0.39 is 5.91 Å². The maximum atomic E-state index is 12.7. The van der Waals surface area contributed by atoms with Gasteiger partial charge in [0.1, 0.15) is 23.0 Å². The molecule has 7 nitrogen and oxygen atoms in total. The summed E-state index contributed by atoms with van der Waals surface area (Å²) in [4.78, 5) is 25.9. The minimum Gasteiger partial charge on any atom is -0.443 e. The van der Waals surface area contributed by atoms with Gasteiger partial charge in [0, 0.05) is 25.5 Å². The molecule has 0 aromatic carbocycles. The van der Waals surface area contributed by atoms with Gasteiger partial charge in [-0.3, -0.25) is 14.2 Å². The van der Waals surface area contributed by atoms with Gasteiger partial charge in [-0.2, -0.15) is 5.26 Å². The van der Waals surface area contributed by atoms with Gasteiger partial charge in [0.15, 0.2) is 0 Å². The summed E-state index contributed by atoms with van der Waals surface area (Å²) < 4.78 is 7.27. The molecule has 124 valence electrons. The van der Waals surface area contributed by atoms with Crippen LogP contribution in [0.25, 0.3) is 5.88 Å². The molecule has 0 unspecified atom stereocenters. The number of hydrogen-bond acceptors (Lipinski definition) is 4. The lowest BCUT2D eigenvalue weighted by Gasteiger charge is -2.16. The molecule has 3 rings (SSSR count). The average molecular weight is 326 g/mol. The number of carbonyl (C=O) groups is 2. The number of hydrogen-bond donors (Lipinski definition) is 1. The number of carbonyl (C=O) groups excluding carboxylic acids is 2. The second-order valence-electron chi connectivity index (χ2n) is 5.92. The zero-order valence-electron chi connectivity index (χ0n) is 13.6. The predicted octanol–water partition coefficient (Wildman–Crippen LogP) is 1.60. The van der Waals surface area contributed by atoms with E-state index in [2.05, 4.69) is 5.32 Å². The van der Waals surface area contributed by atoms with E-state index in [0.29, 0.717) is 11.6 Å². The molecule has 2 amide bonds. The smallest absolute Gasteiger partial charge is 0.259 e. The first-order chi connectivity index (χ1) is 11.5. The van der Waals surface area contributed by atoms with Crippen LogP contribution in [-0.2, 0) is 4.79 Å². The Bertz CT molecular complexity index is 810. The number of nitrogens with zero attached hydrogens (tertiary/aromatic N) is 3. The van der Waals surface area contributed by atoms with Crippen LogP contribution < -0.4 is 5.32 Å². The van der Waals surface area contributed by atoms with Crippen molar-refractivity contribution in [1.82, 2.24) is 14.8 Å². The molecule has 1 aliphatic carbocycles. The summed E-state index contributed by atoms with van der Waals surface area (Å²) in [5.74, 6) is 0.0599. The van der Waals surface area contributed by atoms with Crippen LogP contribution in [0.2, 0.25) is 0 Å². The molecule has 2 aromatic rings. The predicted molar refractivity (Wildman–Crippen MR) is 85.6 cm³/mol. The number of aryl methyl sites for hydroxylation is 1. The highest BCUT2D eigenvalue weighted by Crippen LogP contribution is 2.26. The van der Waals surface area contributed by atoms with Gasteiger partial charge in [-0.15, -0.1) is 0 Å². The summed E-state index contributed by atoms with van der Waals surface area (Å²) in [6, 6.07) is 5.89. The third-order valence-electron chi connectivity index (χ3n) is 3.90. The fourth-order valence-corrected chi connectivity index (χ4v) is 2.52. The maximum Gasteiger partial charge on any atom is 0.259 e. The average Bonchev–Trinajstić information content (AvgIpc) is 3.08. The van der Waals surface area contributed by atoms with Crippen molar-refractivity contribution in [2.24, 2.45) is 0 Å². The number of aromatic nitrogens is 1. The Balaban J connectivity index is 1.84. The molecule has 2 heterocycles. The number of likely N-dealkylation sites (N-methyl/N-ethyl adjacent to an activating group) is 1. The molecule has 0 bridgehead atoms. The third-order valence-corrected chi connectivity index (χ3v) is 3.90. The lowest BCUT2D eigenvalue weighted by molar-refractivity contribution is -0.121. The SMILES string of the molecule is Cc1oc(-n2cccc2)c(C#N)c1C(=O)N(C)CC(=O)NC1CC1. The van der Waals surface area contributed by atoms with Crippen molar-refractivity contribution in [3.63, 3.8) is 0 Å². The van der Waals surface area contributed by atoms with Crippen LogP contribution in [0.4, 0.5) is 0 Å². The number of nitriles is 1. The highest BCUT2D eigenvalue weighted by Gasteiger charge is 2.29. The Morgan fingerprint density at radius 3 is 2.67 bits per heavy atom. The molecular formula is C17H18N4O3. The van der Waals surface area contributed by atoms with Crippen LogP contribution in [0, 0.1) is 18.3 Å². The molecule has 1 N–H and O–H groups in total. The minimum absolute atomic E-state index is 0.0519. The van der Waals surface area contributed by atoms with Crippen molar-refractivity contribution in [3.8, 4) is 12.0 Å². The first kappa shape index (κ1) is 15.9. The largest absolute Gasteiger partial charge is 0.443 e. The lowest BCUT2D eigenvalue weighted by Crippen LogP contribution is -2.39. The van der Waals surface area contributed by atoms with E-state index in [1.54, 1.807) is 36.0 Å². The van der Waals surface area contributed by atoms with Gasteiger partial charge in [0.05, 0.1) is 6.54 Å². The molecule has 7 heteroatoms. The van der Waals surface area contributed by atoms with Crippen LogP contribution in [0.15, 0.2) is 28.9 Å². The second kappa shape index (κ2) is 6.24. The molecule has 0 aliphatic heterocycles. The van der Waals surface area contributed by atoms with E-state index in [1.165, 1.54) is 11.9 Å². The summed E-state index contributed by atoms with van der Waals surface area (Å²) in [7, 11) is 1.54. The lowest BCUT2D eigenvalue weighted by atomic mass is 10.1. The molecule has 24 heavy (non-hydrogen) atoms. The summed E-state index contributed by atoms with van der Waals surface area (Å²) in [6.07, 6.45) is 5.45. The quantitative estimate of drug-likeness (QED) is 0.903. The van der Waals surface area contributed by atoms with Gasteiger partial charge >= 0.3 is 0 Å². The van der Waals surface area contributed by atoms with Crippen molar-refractivity contribution in [2.75, 3.05) is 13.6 Å². The fraction of sp³-hybridized carbons (Fsp3) is 0.353. The van der Waals surface area contributed by atoms with Crippen LogP contribution in [0.3, 0.4) is 0 Å². The number of amides is 2. The summed E-state index contributed by atoms with van der Waals surface area (Å²) >= 11 is 0. The van der Waals surface area contributed by atoms with Gasteiger partial charge in [-0.05, 0) is 31.9 Å². The summed E-state index contributed by atoms with van der Waals surface area (Å²) in [5.41, 5.74) is 0.367. The molecule has 1 fully saturated rings. The van der Waals surface area contributed by atoms with Crippen LogP contribution >= 0.6 is 0 Å². The molecule has 0 saturated heterocycles. The van der Waals surface area contributed by atoms with Gasteiger partial charge < -0.3 is 14.6 Å². The normalized spacial score (nSPS) is 13.4. The second-order valence-corrected chi connectivity index (χ2v) is 5.92. The van der Waals surface area contributed by atoms with Crippen molar-refractivity contribution < 1.29 is 14.0 Å². The summed E-state index contributed by atoms with van der Waals surface area (Å²) in [6.45, 7) is 1.59. The van der Waals surface area contributed by atoms with Gasteiger partial charge in [0.25, 0.3) is 5.91 Å². The molecule has 0 spiro atoms. The van der Waals surface area contributed by atoms with E-state index >= 15 is 0 Å². The Morgan fingerprint density at radius 1 is 1.42 bits per heavy atom. The van der Waals surface area contributed by atoms with Crippen molar-refractivity contribution in [2.45, 2.75) is 25.8 Å². The standard InChI is InChI=1S/C17H18N4O3/c1-11-15(13(9-18)17(24-11)21-7-3-4-8-21)16(23)20(2)10-14(22)19-12-5-6-12/h3-4,7-8,12H,5-6,10H2,1-2H3,(H,19,22). The summed E-state index contributed by atoms with van der Waals surface area (Å²) in [5, 5.41) is 12.3. The number of rotatable bonds is 5.